The Morgan fingerprint density at radius 3 is 1.15 bits per heavy atom. The summed E-state index contributed by atoms with van der Waals surface area (Å²) in [7, 11) is -3.06. The molecule has 0 bridgehead atoms. The number of alkyl halides is 6. The molecule has 13 rings (SSSR count). The van der Waals surface area contributed by atoms with Crippen molar-refractivity contribution in [3.63, 3.8) is 0 Å². The van der Waals surface area contributed by atoms with E-state index in [1.165, 1.54) is 15.6 Å². The monoisotopic (exact) mass is 1120 g/mol. The first-order valence-electron chi connectivity index (χ1n) is 27.4. The highest BCUT2D eigenvalue weighted by atomic mass is 28.3. The normalized spacial score (nSPS) is 12.0. The van der Waals surface area contributed by atoms with Crippen LogP contribution in [0.4, 0.5) is 26.3 Å². The van der Waals surface area contributed by atoms with Crippen LogP contribution in [-0.4, -0.2) is 27.6 Å². The quantitative estimate of drug-likeness (QED) is 0.0736. The van der Waals surface area contributed by atoms with E-state index in [0.29, 0.717) is 73.1 Å². The number of fused-ring (bicyclic) bond motifs is 3. The van der Waals surface area contributed by atoms with E-state index in [4.69, 9.17) is 15.0 Å². The third-order valence-corrected chi connectivity index (χ3v) is 20.4. The average Bonchev–Trinajstić information content (AvgIpc) is 2.01. The molecule has 0 fully saturated rings. The molecule has 0 radical (unpaired) electrons. The zero-order valence-electron chi connectivity index (χ0n) is 45.5. The first-order chi connectivity index (χ1) is 40.7. The van der Waals surface area contributed by atoms with E-state index < -0.39 is 31.6 Å². The molecule has 11 aromatic carbocycles. The van der Waals surface area contributed by atoms with Crippen molar-refractivity contribution in [3.8, 4) is 73.2 Å². The molecule has 0 spiro atoms. The second-order valence-corrected chi connectivity index (χ2v) is 25.0. The van der Waals surface area contributed by atoms with Crippen molar-refractivity contribution >= 4 is 50.6 Å². The first-order valence-corrected chi connectivity index (χ1v) is 29.4. The Balaban J connectivity index is 1.11. The molecule has 4 nitrogen and oxygen atoms in total. The van der Waals surface area contributed by atoms with Crippen LogP contribution in [0.5, 0.6) is 0 Å². The second kappa shape index (κ2) is 21.4. The summed E-state index contributed by atoms with van der Waals surface area (Å²) in [5.41, 5.74) is 7.09. The average molecular weight is 1130 g/mol. The second-order valence-electron chi connectivity index (χ2n) is 21.2. The van der Waals surface area contributed by atoms with Gasteiger partial charge in [0, 0.05) is 33.2 Å². The van der Waals surface area contributed by atoms with E-state index in [1.54, 1.807) is 26.0 Å². The maximum absolute atomic E-state index is 14.4. The van der Waals surface area contributed by atoms with Gasteiger partial charge in [-0.1, -0.05) is 218 Å². The minimum absolute atomic E-state index is 0.378. The van der Waals surface area contributed by atoms with E-state index in [0.717, 1.165) is 62.5 Å². The maximum Gasteiger partial charge on any atom is 0.416 e. The third kappa shape index (κ3) is 9.96. The SMILES string of the molecule is Cc1cc(-c2ccc3c4ccc(-c5cc(C)cc(C(F)(F)F)c5)cc4n(-c4ccc(-c5cccc([Si](c6ccccc6)(c6ccccc6)c6ccccc6)c5)c(-c5nc(-c6ccccc6)nc(-c6ccccc6)n5)c4)c3c2)cc(C(F)(F)F)c1. The van der Waals surface area contributed by atoms with Gasteiger partial charge >= 0.3 is 12.4 Å². The summed E-state index contributed by atoms with van der Waals surface area (Å²) < 4.78 is 88.7. The van der Waals surface area contributed by atoms with Crippen LogP contribution in [-0.2, 0) is 12.4 Å². The number of nitrogens with zero attached hydrogens (tertiary/aromatic N) is 4. The fraction of sp³-hybridized carbons (Fsp3) is 0.0548. The fourth-order valence-electron chi connectivity index (χ4n) is 11.9. The molecule has 0 saturated carbocycles. The molecule has 13 aromatic rings. The molecule has 0 unspecified atom stereocenters. The van der Waals surface area contributed by atoms with Crippen molar-refractivity contribution in [1.82, 2.24) is 19.5 Å². The summed E-state index contributed by atoms with van der Waals surface area (Å²) in [6, 6.07) is 85.7. The zero-order valence-corrected chi connectivity index (χ0v) is 46.5. The molecule has 0 atom stereocenters. The van der Waals surface area contributed by atoms with Crippen molar-refractivity contribution < 1.29 is 26.3 Å². The van der Waals surface area contributed by atoms with E-state index in [-0.39, 0.29) is 0 Å². The number of aryl methyl sites for hydroxylation is 2. The van der Waals surface area contributed by atoms with Gasteiger partial charge in [-0.15, -0.1) is 0 Å². The van der Waals surface area contributed by atoms with E-state index in [2.05, 4.69) is 103 Å². The molecule has 0 aliphatic rings. The van der Waals surface area contributed by atoms with Gasteiger partial charge in [0.25, 0.3) is 0 Å². The Bertz CT molecular complexity index is 4310. The van der Waals surface area contributed by atoms with Crippen molar-refractivity contribution in [2.75, 3.05) is 0 Å². The highest BCUT2D eigenvalue weighted by Gasteiger charge is 2.42. The number of rotatable bonds is 11. The van der Waals surface area contributed by atoms with E-state index >= 15 is 0 Å². The summed E-state index contributed by atoms with van der Waals surface area (Å²) >= 11 is 0. The molecule has 11 heteroatoms. The number of benzene rings is 11. The molecule has 2 heterocycles. The van der Waals surface area contributed by atoms with Crippen LogP contribution in [0.25, 0.3) is 95.0 Å². The van der Waals surface area contributed by atoms with Crippen molar-refractivity contribution in [1.29, 1.82) is 0 Å². The van der Waals surface area contributed by atoms with Crippen LogP contribution in [0.2, 0.25) is 0 Å². The molecule has 84 heavy (non-hydrogen) atoms. The molecule has 2 aromatic heterocycles. The van der Waals surface area contributed by atoms with Gasteiger partial charge in [-0.05, 0) is 128 Å². The van der Waals surface area contributed by atoms with E-state index in [1.807, 2.05) is 132 Å². The summed E-state index contributed by atoms with van der Waals surface area (Å²) in [5.74, 6) is 1.28. The Hall–Kier alpha value is -9.97. The van der Waals surface area contributed by atoms with Crippen LogP contribution >= 0.6 is 0 Å². The van der Waals surface area contributed by atoms with Crippen molar-refractivity contribution in [2.45, 2.75) is 26.2 Å². The largest absolute Gasteiger partial charge is 0.416 e. The minimum Gasteiger partial charge on any atom is -0.309 e. The van der Waals surface area contributed by atoms with Crippen LogP contribution < -0.4 is 20.7 Å². The van der Waals surface area contributed by atoms with Gasteiger partial charge < -0.3 is 4.57 Å². The summed E-state index contributed by atoms with van der Waals surface area (Å²) in [6.45, 7) is 3.29. The Labute approximate surface area is 482 Å². The maximum atomic E-state index is 14.4. The number of aromatic nitrogens is 4. The Kier molecular flexibility index (Phi) is 13.6. The Morgan fingerprint density at radius 2 is 0.714 bits per heavy atom. The van der Waals surface area contributed by atoms with Crippen LogP contribution in [0.3, 0.4) is 0 Å². The standard InChI is InChI=1S/C73H50F6N4Si/c1-47-37-54(41-56(39-47)72(74,75)76)51-31-34-64-65-35-32-52(55-38-48(2)40-57(42-55)73(77,78)79)45-68(65)83(67(64)44-51)58-33-36-63(66(46-58)71-81-69(49-19-8-3-9-20-49)80-70(82-71)50-21-10-4-11-22-50)53-23-18-30-62(43-53)84(59-24-12-5-13-25-59,60-26-14-6-15-27-60)61-28-16-7-17-29-61/h3-46H,1-2H3. The molecule has 0 aliphatic heterocycles. The lowest BCUT2D eigenvalue weighted by atomic mass is 9.97. The van der Waals surface area contributed by atoms with Crippen molar-refractivity contribution in [3.05, 3.63) is 289 Å². The molecule has 0 amide bonds. The van der Waals surface area contributed by atoms with Crippen LogP contribution in [0.15, 0.2) is 267 Å². The lowest BCUT2D eigenvalue weighted by molar-refractivity contribution is -0.138. The van der Waals surface area contributed by atoms with Gasteiger partial charge in [-0.3, -0.25) is 0 Å². The number of hydrogen-bond acceptors (Lipinski definition) is 3. The summed E-state index contributed by atoms with van der Waals surface area (Å²) in [4.78, 5) is 15.7. The lowest BCUT2D eigenvalue weighted by Gasteiger charge is -2.34. The Morgan fingerprint density at radius 1 is 0.310 bits per heavy atom. The van der Waals surface area contributed by atoms with Gasteiger partial charge in [-0.25, -0.2) is 15.0 Å². The summed E-state index contributed by atoms with van der Waals surface area (Å²) in [5, 5.41) is 6.32. The molecular formula is C73H50F6N4Si. The number of hydrogen-bond donors (Lipinski definition) is 0. The topological polar surface area (TPSA) is 43.6 Å². The van der Waals surface area contributed by atoms with E-state index in [9.17, 15) is 26.3 Å². The smallest absolute Gasteiger partial charge is 0.309 e. The molecule has 0 saturated heterocycles. The first kappa shape index (κ1) is 53.3. The fourth-order valence-corrected chi connectivity index (χ4v) is 16.7. The highest BCUT2D eigenvalue weighted by Crippen LogP contribution is 2.42. The highest BCUT2D eigenvalue weighted by molar-refractivity contribution is 7.19. The minimum atomic E-state index is -4.58. The zero-order chi connectivity index (χ0) is 57.7. The van der Waals surface area contributed by atoms with Gasteiger partial charge in [-0.2, -0.15) is 26.3 Å². The molecule has 0 aliphatic carbocycles. The van der Waals surface area contributed by atoms with Gasteiger partial charge in [0.2, 0.25) is 0 Å². The van der Waals surface area contributed by atoms with Crippen molar-refractivity contribution in [2.24, 2.45) is 0 Å². The van der Waals surface area contributed by atoms with Gasteiger partial charge in [0.1, 0.15) is 0 Å². The van der Waals surface area contributed by atoms with Gasteiger partial charge in [0.05, 0.1) is 22.2 Å². The van der Waals surface area contributed by atoms with Crippen LogP contribution in [0.1, 0.15) is 22.3 Å². The lowest BCUT2D eigenvalue weighted by Crippen LogP contribution is -2.74. The van der Waals surface area contributed by atoms with Crippen LogP contribution in [0, 0.1) is 13.8 Å². The molecular weight excluding hydrogens is 1070 g/mol. The summed E-state index contributed by atoms with van der Waals surface area (Å²) in [6.07, 6.45) is -9.17. The van der Waals surface area contributed by atoms with Gasteiger partial charge in [0.15, 0.2) is 25.5 Å². The number of halogens is 6. The molecule has 0 N–H and O–H groups in total. The predicted molar refractivity (Wildman–Crippen MR) is 330 cm³/mol. The molecule has 408 valence electrons. The predicted octanol–water partition coefficient (Wildman–Crippen LogP) is 17.0. The third-order valence-electron chi connectivity index (χ3n) is 15.7.